The summed E-state index contributed by atoms with van der Waals surface area (Å²) in [6, 6.07) is 12.7. The molecule has 0 aliphatic rings. The average molecular weight is 319 g/mol. The monoisotopic (exact) mass is 318 g/mol. The maximum absolute atomic E-state index is 4.40. The summed E-state index contributed by atoms with van der Waals surface area (Å²) in [5.41, 5.74) is 2.67. The smallest absolute Gasteiger partial charge is 0.132 e. The summed E-state index contributed by atoms with van der Waals surface area (Å²) in [7, 11) is 2.03. The van der Waals surface area contributed by atoms with Crippen LogP contribution in [-0.4, -0.2) is 12.0 Å². The number of benzene rings is 1. The Balaban J connectivity index is 2.25. The highest BCUT2D eigenvalue weighted by molar-refractivity contribution is 9.10. The lowest BCUT2D eigenvalue weighted by Crippen LogP contribution is -2.13. The minimum atomic E-state index is 0.187. The van der Waals surface area contributed by atoms with Crippen molar-refractivity contribution in [2.45, 2.75) is 26.2 Å². The Morgan fingerprint density at radius 2 is 1.63 bits per heavy atom. The summed E-state index contributed by atoms with van der Waals surface area (Å²) in [6.07, 6.45) is 1.81. The van der Waals surface area contributed by atoms with Gasteiger partial charge in [0, 0.05) is 23.4 Å². The molecule has 0 unspecified atom stereocenters. The molecule has 2 rings (SSSR count). The molecule has 0 radical (unpaired) electrons. The largest absolute Gasteiger partial charge is 0.329 e. The molecule has 2 aromatic rings. The van der Waals surface area contributed by atoms with Crippen LogP contribution in [0.4, 0.5) is 11.5 Å². The third-order valence-corrected chi connectivity index (χ3v) is 3.65. The Bertz CT molecular complexity index is 538. The van der Waals surface area contributed by atoms with E-state index in [1.54, 1.807) is 0 Å². The van der Waals surface area contributed by atoms with Gasteiger partial charge in [-0.3, -0.25) is 0 Å². The van der Waals surface area contributed by atoms with Crippen LogP contribution in [0, 0.1) is 0 Å². The highest BCUT2D eigenvalue weighted by Crippen LogP contribution is 2.27. The maximum Gasteiger partial charge on any atom is 0.132 e. The van der Waals surface area contributed by atoms with E-state index in [1.807, 2.05) is 25.4 Å². The second kappa shape index (κ2) is 5.33. The van der Waals surface area contributed by atoms with Crippen molar-refractivity contribution >= 4 is 27.4 Å². The molecule has 0 aliphatic carbocycles. The molecule has 0 saturated heterocycles. The van der Waals surface area contributed by atoms with Gasteiger partial charge in [-0.2, -0.15) is 0 Å². The number of nitrogens with zero attached hydrogens (tertiary/aromatic N) is 2. The van der Waals surface area contributed by atoms with Gasteiger partial charge in [0.05, 0.1) is 0 Å². The van der Waals surface area contributed by atoms with E-state index in [2.05, 4.69) is 70.9 Å². The van der Waals surface area contributed by atoms with Crippen molar-refractivity contribution in [2.24, 2.45) is 0 Å². The first-order valence-corrected chi connectivity index (χ1v) is 7.13. The number of rotatable bonds is 2. The van der Waals surface area contributed by atoms with Crippen LogP contribution in [0.2, 0.25) is 0 Å². The second-order valence-electron chi connectivity index (χ2n) is 5.69. The van der Waals surface area contributed by atoms with Gasteiger partial charge in [0.2, 0.25) is 0 Å². The van der Waals surface area contributed by atoms with Crippen molar-refractivity contribution in [2.75, 3.05) is 11.9 Å². The number of halogens is 1. The average Bonchev–Trinajstić information content (AvgIpc) is 2.38. The molecule has 3 heteroatoms. The van der Waals surface area contributed by atoms with Crippen molar-refractivity contribution < 1.29 is 0 Å². The van der Waals surface area contributed by atoms with Gasteiger partial charge in [-0.25, -0.2) is 4.98 Å². The summed E-state index contributed by atoms with van der Waals surface area (Å²) in [6.45, 7) is 6.67. The van der Waals surface area contributed by atoms with E-state index < -0.39 is 0 Å². The molecule has 1 aromatic carbocycles. The van der Waals surface area contributed by atoms with E-state index in [1.165, 1.54) is 5.56 Å². The quantitative estimate of drug-likeness (QED) is 0.782. The minimum Gasteiger partial charge on any atom is -0.329 e. The first-order valence-electron chi connectivity index (χ1n) is 6.34. The Hall–Kier alpha value is -1.35. The normalized spacial score (nSPS) is 11.4. The van der Waals surface area contributed by atoms with Gasteiger partial charge in [-0.1, -0.05) is 32.9 Å². The molecule has 0 spiro atoms. The van der Waals surface area contributed by atoms with Crippen LogP contribution in [0.15, 0.2) is 47.1 Å². The van der Waals surface area contributed by atoms with Gasteiger partial charge in [0.15, 0.2) is 0 Å². The molecule has 0 N–H and O–H groups in total. The zero-order chi connectivity index (χ0) is 14.0. The summed E-state index contributed by atoms with van der Waals surface area (Å²) in [5, 5.41) is 0. The van der Waals surface area contributed by atoms with Crippen LogP contribution in [0.25, 0.3) is 0 Å². The highest BCUT2D eigenvalue weighted by atomic mass is 79.9. The predicted octanol–water partition coefficient (Wildman–Crippen LogP) is 4.91. The summed E-state index contributed by atoms with van der Waals surface area (Å²) < 4.78 is 0.993. The maximum atomic E-state index is 4.40. The molecule has 0 fully saturated rings. The number of anilines is 2. The van der Waals surface area contributed by atoms with Crippen LogP contribution in [0.3, 0.4) is 0 Å². The Morgan fingerprint density at radius 3 is 2.11 bits per heavy atom. The molecule has 0 atom stereocenters. The van der Waals surface area contributed by atoms with Crippen LogP contribution < -0.4 is 4.90 Å². The van der Waals surface area contributed by atoms with Gasteiger partial charge in [-0.05, 0) is 51.2 Å². The van der Waals surface area contributed by atoms with Crippen molar-refractivity contribution in [1.82, 2.24) is 4.98 Å². The fourth-order valence-corrected chi connectivity index (χ4v) is 2.12. The summed E-state index contributed by atoms with van der Waals surface area (Å²) in [4.78, 5) is 6.49. The number of aromatic nitrogens is 1. The van der Waals surface area contributed by atoms with Crippen molar-refractivity contribution in [3.8, 4) is 0 Å². The highest BCUT2D eigenvalue weighted by Gasteiger charge is 2.13. The van der Waals surface area contributed by atoms with Crippen molar-refractivity contribution in [1.29, 1.82) is 0 Å². The molecule has 2 nitrogen and oxygen atoms in total. The summed E-state index contributed by atoms with van der Waals surface area (Å²) >= 11 is 3.40. The lowest BCUT2D eigenvalue weighted by Gasteiger charge is -2.22. The van der Waals surface area contributed by atoms with Crippen molar-refractivity contribution in [3.63, 3.8) is 0 Å². The molecule has 0 bridgehead atoms. The third kappa shape index (κ3) is 3.35. The van der Waals surface area contributed by atoms with Gasteiger partial charge in [0.25, 0.3) is 0 Å². The molecule has 0 amide bonds. The first-order chi connectivity index (χ1) is 8.88. The fourth-order valence-electron chi connectivity index (χ4n) is 1.88. The lowest BCUT2D eigenvalue weighted by molar-refractivity contribution is 0.590. The zero-order valence-electron chi connectivity index (χ0n) is 11.8. The Labute approximate surface area is 123 Å². The standard InChI is InChI=1S/C16H19BrN2/c1-16(2,3)12-5-8-14(9-6-12)19(4)15-10-7-13(17)11-18-15/h5-11H,1-4H3. The Morgan fingerprint density at radius 1 is 1.00 bits per heavy atom. The first kappa shape index (κ1) is 14.1. The zero-order valence-corrected chi connectivity index (χ0v) is 13.4. The van der Waals surface area contributed by atoms with E-state index in [-0.39, 0.29) is 5.41 Å². The third-order valence-electron chi connectivity index (χ3n) is 3.18. The van der Waals surface area contributed by atoms with Gasteiger partial charge in [0.1, 0.15) is 5.82 Å². The molecule has 19 heavy (non-hydrogen) atoms. The van der Waals surface area contributed by atoms with Crippen LogP contribution >= 0.6 is 15.9 Å². The van der Waals surface area contributed by atoms with Crippen molar-refractivity contribution in [3.05, 3.63) is 52.6 Å². The molecule has 0 saturated carbocycles. The minimum absolute atomic E-state index is 0.187. The fraction of sp³-hybridized carbons (Fsp3) is 0.312. The SMILES string of the molecule is CN(c1ccc(C(C)(C)C)cc1)c1ccc(Br)cn1. The van der Waals surface area contributed by atoms with E-state index in [0.717, 1.165) is 16.0 Å². The van der Waals surface area contributed by atoms with E-state index in [9.17, 15) is 0 Å². The Kier molecular flexibility index (Phi) is 3.95. The van der Waals surface area contributed by atoms with Gasteiger partial charge in [-0.15, -0.1) is 0 Å². The van der Waals surface area contributed by atoms with Crippen LogP contribution in [-0.2, 0) is 5.41 Å². The molecular formula is C16H19BrN2. The molecular weight excluding hydrogens is 300 g/mol. The molecule has 100 valence electrons. The number of hydrogen-bond acceptors (Lipinski definition) is 2. The number of pyridine rings is 1. The summed E-state index contributed by atoms with van der Waals surface area (Å²) in [5.74, 6) is 0.937. The van der Waals surface area contributed by atoms with E-state index in [4.69, 9.17) is 0 Å². The molecule has 1 aromatic heterocycles. The number of hydrogen-bond donors (Lipinski definition) is 0. The predicted molar refractivity (Wildman–Crippen MR) is 85.1 cm³/mol. The van der Waals surface area contributed by atoms with E-state index >= 15 is 0 Å². The topological polar surface area (TPSA) is 16.1 Å². The second-order valence-corrected chi connectivity index (χ2v) is 6.61. The molecule has 0 aliphatic heterocycles. The molecule has 1 heterocycles. The van der Waals surface area contributed by atoms with Gasteiger partial charge >= 0.3 is 0 Å². The lowest BCUT2D eigenvalue weighted by atomic mass is 9.87. The van der Waals surface area contributed by atoms with Crippen LogP contribution in [0.5, 0.6) is 0 Å². The van der Waals surface area contributed by atoms with Gasteiger partial charge < -0.3 is 4.90 Å². The van der Waals surface area contributed by atoms with E-state index in [0.29, 0.717) is 0 Å². The van der Waals surface area contributed by atoms with Crippen LogP contribution in [0.1, 0.15) is 26.3 Å².